The molecule has 1 atom stereocenters. The zero-order valence-electron chi connectivity index (χ0n) is 16.4. The summed E-state index contributed by atoms with van der Waals surface area (Å²) in [6, 6.07) is 8.09. The molecule has 0 saturated carbocycles. The highest BCUT2D eigenvalue weighted by atomic mass is 32.2. The maximum absolute atomic E-state index is 12.7. The van der Waals surface area contributed by atoms with Crippen LogP contribution in [-0.2, 0) is 19.6 Å². The molecule has 1 N–H and O–H groups in total. The Kier molecular flexibility index (Phi) is 7.23. The Morgan fingerprint density at radius 3 is 2.55 bits per heavy atom. The van der Waals surface area contributed by atoms with E-state index >= 15 is 0 Å². The molecule has 29 heavy (non-hydrogen) atoms. The quantitative estimate of drug-likeness (QED) is 0.525. The highest BCUT2D eigenvalue weighted by Gasteiger charge is 2.26. The van der Waals surface area contributed by atoms with Crippen molar-refractivity contribution >= 4 is 33.4 Å². The summed E-state index contributed by atoms with van der Waals surface area (Å²) >= 11 is 1.38. The number of thioether (sulfide) groups is 1. The van der Waals surface area contributed by atoms with Crippen molar-refractivity contribution in [3.63, 3.8) is 0 Å². The lowest BCUT2D eigenvalue weighted by molar-refractivity contribution is -0.115. The van der Waals surface area contributed by atoms with Crippen LogP contribution in [0.2, 0.25) is 0 Å². The Hall–Kier alpha value is -2.01. The molecule has 1 fully saturated rings. The van der Waals surface area contributed by atoms with Crippen LogP contribution < -0.4 is 5.32 Å². The largest absolute Gasteiger partial charge is 0.379 e. The number of ether oxygens (including phenoxy) is 1. The van der Waals surface area contributed by atoms with Gasteiger partial charge in [0.1, 0.15) is 11.4 Å². The Labute approximate surface area is 175 Å². The summed E-state index contributed by atoms with van der Waals surface area (Å²) in [6.07, 6.45) is 2.11. The lowest BCUT2D eigenvalue weighted by Crippen LogP contribution is -2.40. The Bertz CT molecular complexity index is 945. The fourth-order valence-corrected chi connectivity index (χ4v) is 5.21. The van der Waals surface area contributed by atoms with Gasteiger partial charge in [0.2, 0.25) is 15.9 Å². The molecule has 1 aliphatic rings. The van der Waals surface area contributed by atoms with Gasteiger partial charge in [-0.1, -0.05) is 18.7 Å². The molecule has 0 aliphatic carbocycles. The number of aromatic nitrogens is 2. The first kappa shape index (κ1) is 21.7. The molecule has 2 heterocycles. The summed E-state index contributed by atoms with van der Waals surface area (Å²) in [5.41, 5.74) is 1.39. The second-order valence-corrected chi connectivity index (χ2v) is 9.70. The monoisotopic (exact) mass is 436 g/mol. The fraction of sp³-hybridized carbons (Fsp3) is 0.421. The van der Waals surface area contributed by atoms with Crippen LogP contribution in [0.5, 0.6) is 0 Å². The zero-order chi connectivity index (χ0) is 20.9. The third-order valence-corrected chi connectivity index (χ3v) is 7.64. The van der Waals surface area contributed by atoms with Crippen molar-refractivity contribution in [1.82, 2.24) is 14.3 Å². The molecule has 156 valence electrons. The lowest BCUT2D eigenvalue weighted by atomic mass is 10.3. The average Bonchev–Trinajstić information content (AvgIpc) is 2.73. The van der Waals surface area contributed by atoms with E-state index in [0.29, 0.717) is 38.4 Å². The molecule has 3 rings (SSSR count). The van der Waals surface area contributed by atoms with Gasteiger partial charge < -0.3 is 10.1 Å². The second kappa shape index (κ2) is 9.66. The van der Waals surface area contributed by atoms with Gasteiger partial charge in [0, 0.05) is 24.5 Å². The molecule has 10 heteroatoms. The number of hydrogen-bond donors (Lipinski definition) is 1. The summed E-state index contributed by atoms with van der Waals surface area (Å²) in [7, 11) is -3.55. The number of nitrogens with one attached hydrogen (secondary N) is 1. The van der Waals surface area contributed by atoms with E-state index in [2.05, 4.69) is 15.3 Å². The summed E-state index contributed by atoms with van der Waals surface area (Å²) in [5.74, 6) is -0.155. The van der Waals surface area contributed by atoms with Crippen LogP contribution in [0.1, 0.15) is 19.0 Å². The third kappa shape index (κ3) is 5.53. The molecule has 1 unspecified atom stereocenters. The van der Waals surface area contributed by atoms with Crippen molar-refractivity contribution in [2.24, 2.45) is 0 Å². The number of benzene rings is 1. The Balaban J connectivity index is 1.65. The van der Waals surface area contributed by atoms with Gasteiger partial charge in [0.25, 0.3) is 0 Å². The van der Waals surface area contributed by atoms with Crippen LogP contribution in [0.3, 0.4) is 0 Å². The summed E-state index contributed by atoms with van der Waals surface area (Å²) < 4.78 is 32.0. The van der Waals surface area contributed by atoms with E-state index < -0.39 is 10.0 Å². The first-order valence-corrected chi connectivity index (χ1v) is 11.7. The Morgan fingerprint density at radius 1 is 1.24 bits per heavy atom. The smallest absolute Gasteiger partial charge is 0.243 e. The number of nitrogens with zero attached hydrogens (tertiary/aromatic N) is 3. The maximum atomic E-state index is 12.7. The minimum absolute atomic E-state index is 0.155. The summed E-state index contributed by atoms with van der Waals surface area (Å²) in [4.78, 5) is 21.1. The number of carbonyl (C=O) groups excluding carboxylic acids is 1. The standard InChI is InChI=1S/C19H24N4O4S2/c1-3-17(28-18-12-14(2)20-13-21-18)19(24)22-15-4-6-16(7-5-15)29(25,26)23-8-10-27-11-9-23/h4-7,12-13,17H,3,8-11H2,1-2H3,(H,22,24). The predicted molar refractivity (Wildman–Crippen MR) is 111 cm³/mol. The highest BCUT2D eigenvalue weighted by molar-refractivity contribution is 8.00. The van der Waals surface area contributed by atoms with Gasteiger partial charge in [0.15, 0.2) is 0 Å². The van der Waals surface area contributed by atoms with Crippen molar-refractivity contribution in [3.8, 4) is 0 Å². The number of morpholine rings is 1. The number of amides is 1. The van der Waals surface area contributed by atoms with Gasteiger partial charge >= 0.3 is 0 Å². The molecular formula is C19H24N4O4S2. The maximum Gasteiger partial charge on any atom is 0.243 e. The molecule has 1 aliphatic heterocycles. The Morgan fingerprint density at radius 2 is 1.93 bits per heavy atom. The zero-order valence-corrected chi connectivity index (χ0v) is 18.0. The number of aryl methyl sites for hydroxylation is 1. The fourth-order valence-electron chi connectivity index (χ4n) is 2.83. The van der Waals surface area contributed by atoms with Crippen LogP contribution in [0, 0.1) is 6.92 Å². The summed E-state index contributed by atoms with van der Waals surface area (Å²) in [6.45, 7) is 5.30. The first-order chi connectivity index (χ1) is 13.9. The van der Waals surface area contributed by atoms with E-state index in [9.17, 15) is 13.2 Å². The summed E-state index contributed by atoms with van der Waals surface area (Å²) in [5, 5.41) is 3.28. The number of rotatable bonds is 7. The van der Waals surface area contributed by atoms with Gasteiger partial charge in [-0.2, -0.15) is 4.31 Å². The van der Waals surface area contributed by atoms with Gasteiger partial charge in [-0.25, -0.2) is 18.4 Å². The topological polar surface area (TPSA) is 101 Å². The minimum Gasteiger partial charge on any atom is -0.379 e. The average molecular weight is 437 g/mol. The van der Waals surface area contributed by atoms with Gasteiger partial charge in [-0.3, -0.25) is 4.79 Å². The highest BCUT2D eigenvalue weighted by Crippen LogP contribution is 2.25. The molecular weight excluding hydrogens is 412 g/mol. The molecule has 2 aromatic rings. The van der Waals surface area contributed by atoms with Crippen molar-refractivity contribution in [1.29, 1.82) is 0 Å². The lowest BCUT2D eigenvalue weighted by Gasteiger charge is -2.26. The van der Waals surface area contributed by atoms with Gasteiger partial charge in [-0.15, -0.1) is 0 Å². The number of carbonyl (C=O) groups is 1. The number of anilines is 1. The third-order valence-electron chi connectivity index (χ3n) is 4.43. The van der Waals surface area contributed by atoms with Crippen LogP contribution in [-0.4, -0.2) is 60.2 Å². The van der Waals surface area contributed by atoms with Crippen LogP contribution >= 0.6 is 11.8 Å². The van der Waals surface area contributed by atoms with Crippen LogP contribution in [0.15, 0.2) is 46.6 Å². The normalized spacial score (nSPS) is 16.3. The minimum atomic E-state index is -3.55. The molecule has 0 bridgehead atoms. The molecule has 1 aromatic heterocycles. The van der Waals surface area contributed by atoms with E-state index in [4.69, 9.17) is 4.74 Å². The van der Waals surface area contributed by atoms with Gasteiger partial charge in [-0.05, 0) is 43.7 Å². The van der Waals surface area contributed by atoms with E-state index in [0.717, 1.165) is 10.7 Å². The van der Waals surface area contributed by atoms with E-state index in [1.54, 1.807) is 12.1 Å². The molecule has 8 nitrogen and oxygen atoms in total. The van der Waals surface area contributed by atoms with Crippen LogP contribution in [0.4, 0.5) is 5.69 Å². The predicted octanol–water partition coefficient (Wildman–Crippen LogP) is 2.32. The molecule has 0 spiro atoms. The van der Waals surface area contributed by atoms with Crippen molar-refractivity contribution in [2.45, 2.75) is 35.4 Å². The number of sulfonamides is 1. The van der Waals surface area contributed by atoms with Crippen molar-refractivity contribution in [3.05, 3.63) is 42.4 Å². The van der Waals surface area contributed by atoms with Crippen molar-refractivity contribution in [2.75, 3.05) is 31.6 Å². The first-order valence-electron chi connectivity index (χ1n) is 9.34. The SMILES string of the molecule is CCC(Sc1cc(C)ncn1)C(=O)Nc1ccc(S(=O)(=O)N2CCOCC2)cc1. The van der Waals surface area contributed by atoms with Gasteiger partial charge in [0.05, 0.1) is 23.4 Å². The molecule has 1 aromatic carbocycles. The van der Waals surface area contributed by atoms with Crippen LogP contribution in [0.25, 0.3) is 0 Å². The molecule has 0 radical (unpaired) electrons. The van der Waals surface area contributed by atoms with E-state index in [1.165, 1.54) is 34.5 Å². The van der Waals surface area contributed by atoms with E-state index in [-0.39, 0.29) is 16.1 Å². The van der Waals surface area contributed by atoms with E-state index in [1.807, 2.05) is 19.9 Å². The molecule has 1 amide bonds. The second-order valence-electron chi connectivity index (χ2n) is 6.54. The number of hydrogen-bond acceptors (Lipinski definition) is 7. The van der Waals surface area contributed by atoms with Crippen molar-refractivity contribution < 1.29 is 17.9 Å². The molecule has 1 saturated heterocycles.